The Hall–Kier alpha value is -3.06. The third-order valence-corrected chi connectivity index (χ3v) is 11.2. The van der Waals surface area contributed by atoms with Gasteiger partial charge in [-0.1, -0.05) is 12.8 Å². The van der Waals surface area contributed by atoms with Crippen LogP contribution in [-0.2, 0) is 24.8 Å². The van der Waals surface area contributed by atoms with Crippen molar-refractivity contribution < 1.29 is 26.4 Å². The van der Waals surface area contributed by atoms with Crippen LogP contribution >= 0.6 is 11.8 Å². The fourth-order valence-electron chi connectivity index (χ4n) is 4.54. The average molecular weight is 618 g/mol. The molecular weight excluding hydrogens is 583 g/mol. The van der Waals surface area contributed by atoms with E-state index in [4.69, 9.17) is 4.74 Å². The Morgan fingerprint density at radius 1 is 0.854 bits per heavy atom. The molecule has 1 aliphatic heterocycles. The number of nitrogens with one attached hydrogen (secondary N) is 1. The highest BCUT2D eigenvalue weighted by atomic mass is 32.2. The molecule has 1 aliphatic rings. The summed E-state index contributed by atoms with van der Waals surface area (Å²) >= 11 is 1.50. The van der Waals surface area contributed by atoms with Gasteiger partial charge in [-0.05, 0) is 98.8 Å². The average Bonchev–Trinajstić information content (AvgIpc) is 3.27. The lowest BCUT2D eigenvalue weighted by molar-refractivity contribution is -0.114. The van der Waals surface area contributed by atoms with Crippen LogP contribution in [0, 0.1) is 0 Å². The molecule has 4 rings (SSSR count). The molecule has 1 saturated heterocycles. The van der Waals surface area contributed by atoms with Crippen molar-refractivity contribution >= 4 is 49.1 Å². The number of ether oxygens (including phenoxy) is 1. The number of rotatable bonds is 11. The maximum atomic E-state index is 13.7. The lowest BCUT2D eigenvalue weighted by Gasteiger charge is -2.24. The van der Waals surface area contributed by atoms with Gasteiger partial charge in [0, 0.05) is 23.7 Å². The number of hydrogen-bond acceptors (Lipinski definition) is 7. The van der Waals surface area contributed by atoms with Crippen LogP contribution in [0.3, 0.4) is 0 Å². The zero-order chi connectivity index (χ0) is 29.5. The highest BCUT2D eigenvalue weighted by molar-refractivity contribution is 7.98. The number of nitrogens with zero attached hydrogens (tertiary/aromatic N) is 2. The first-order valence-electron chi connectivity index (χ1n) is 13.4. The minimum Gasteiger partial charge on any atom is -0.494 e. The van der Waals surface area contributed by atoms with Gasteiger partial charge in [-0.3, -0.25) is 9.10 Å². The molecule has 1 N–H and O–H groups in total. The van der Waals surface area contributed by atoms with E-state index in [0.717, 1.165) is 34.9 Å². The van der Waals surface area contributed by atoms with E-state index in [-0.39, 0.29) is 9.79 Å². The molecule has 9 nitrogen and oxygen atoms in total. The number of carbonyl (C=O) groups is 1. The van der Waals surface area contributed by atoms with Gasteiger partial charge in [-0.15, -0.1) is 11.8 Å². The summed E-state index contributed by atoms with van der Waals surface area (Å²) in [4.78, 5) is 14.3. The molecule has 3 aromatic carbocycles. The van der Waals surface area contributed by atoms with E-state index in [1.54, 1.807) is 36.4 Å². The van der Waals surface area contributed by atoms with Crippen LogP contribution in [0.1, 0.15) is 32.6 Å². The quantitative estimate of drug-likeness (QED) is 0.294. The van der Waals surface area contributed by atoms with Crippen molar-refractivity contribution in [1.82, 2.24) is 4.31 Å². The Morgan fingerprint density at radius 3 is 2.00 bits per heavy atom. The lowest BCUT2D eigenvalue weighted by Crippen LogP contribution is -2.38. The van der Waals surface area contributed by atoms with Gasteiger partial charge in [0.15, 0.2) is 0 Å². The summed E-state index contributed by atoms with van der Waals surface area (Å²) in [5.74, 6) is 0.00362. The van der Waals surface area contributed by atoms with Crippen molar-refractivity contribution in [3.63, 3.8) is 0 Å². The van der Waals surface area contributed by atoms with Gasteiger partial charge < -0.3 is 10.1 Å². The van der Waals surface area contributed by atoms with Crippen molar-refractivity contribution in [2.45, 2.75) is 47.3 Å². The van der Waals surface area contributed by atoms with Gasteiger partial charge in [0.2, 0.25) is 15.9 Å². The monoisotopic (exact) mass is 617 g/mol. The number of thioether (sulfide) groups is 1. The molecule has 0 spiro atoms. The molecular formula is C29H35N3O6S3. The molecule has 0 aliphatic carbocycles. The second-order valence-electron chi connectivity index (χ2n) is 9.50. The van der Waals surface area contributed by atoms with E-state index in [1.807, 2.05) is 13.2 Å². The van der Waals surface area contributed by atoms with Crippen molar-refractivity contribution in [2.24, 2.45) is 0 Å². The summed E-state index contributed by atoms with van der Waals surface area (Å²) in [5.41, 5.74) is 0.662. The molecule has 3 aromatic rings. The number of benzene rings is 3. The highest BCUT2D eigenvalue weighted by Crippen LogP contribution is 2.28. The van der Waals surface area contributed by atoms with E-state index in [2.05, 4.69) is 5.32 Å². The standard InChI is InChI=1S/C29H35N3O6S3/c1-3-38-25-12-10-24(11-13-25)32(41(36,37)28-18-14-26(39-2)15-19-28)22-29(33)30-23-8-16-27(17-9-23)40(34,35)31-20-6-4-5-7-21-31/h8-19H,3-7,20-22H2,1-2H3,(H,30,33). The minimum atomic E-state index is -4.10. The fourth-order valence-corrected chi connectivity index (χ4v) is 7.88. The van der Waals surface area contributed by atoms with E-state index >= 15 is 0 Å². The van der Waals surface area contributed by atoms with E-state index in [0.29, 0.717) is 36.8 Å². The summed E-state index contributed by atoms with van der Waals surface area (Å²) in [5, 5.41) is 2.70. The lowest BCUT2D eigenvalue weighted by atomic mass is 10.2. The van der Waals surface area contributed by atoms with Crippen LogP contribution in [-0.4, -0.2) is 59.5 Å². The third kappa shape index (κ3) is 7.62. The first kappa shape index (κ1) is 30.9. The largest absolute Gasteiger partial charge is 0.494 e. The van der Waals surface area contributed by atoms with Crippen molar-refractivity contribution in [3.05, 3.63) is 72.8 Å². The Kier molecular flexibility index (Phi) is 10.3. The van der Waals surface area contributed by atoms with Crippen molar-refractivity contribution in [2.75, 3.05) is 42.1 Å². The summed E-state index contributed by atoms with van der Waals surface area (Å²) < 4.78 is 61.6. The van der Waals surface area contributed by atoms with E-state index in [1.165, 1.54) is 52.5 Å². The molecule has 220 valence electrons. The molecule has 0 bridgehead atoms. The predicted octanol–water partition coefficient (Wildman–Crippen LogP) is 5.21. The van der Waals surface area contributed by atoms with Crippen LogP contribution in [0.5, 0.6) is 5.75 Å². The van der Waals surface area contributed by atoms with Gasteiger partial charge in [0.05, 0.1) is 22.1 Å². The molecule has 1 fully saturated rings. The summed E-state index contributed by atoms with van der Waals surface area (Å²) in [7, 11) is -7.72. The van der Waals surface area contributed by atoms with Crippen molar-refractivity contribution in [3.8, 4) is 5.75 Å². The van der Waals surface area contributed by atoms with Gasteiger partial charge in [-0.25, -0.2) is 16.8 Å². The SMILES string of the molecule is CCOc1ccc(N(CC(=O)Nc2ccc(S(=O)(=O)N3CCCCCC3)cc2)S(=O)(=O)c2ccc(SC)cc2)cc1. The first-order chi connectivity index (χ1) is 19.6. The fraction of sp³-hybridized carbons (Fsp3) is 0.345. The Bertz CT molecular complexity index is 1520. The first-order valence-corrected chi connectivity index (χ1v) is 17.6. The van der Waals surface area contributed by atoms with E-state index in [9.17, 15) is 21.6 Å². The highest BCUT2D eigenvalue weighted by Gasteiger charge is 2.28. The number of hydrogen-bond donors (Lipinski definition) is 1. The zero-order valence-corrected chi connectivity index (χ0v) is 25.6. The molecule has 0 saturated carbocycles. The zero-order valence-electron chi connectivity index (χ0n) is 23.2. The Morgan fingerprint density at radius 2 is 1.44 bits per heavy atom. The summed E-state index contributed by atoms with van der Waals surface area (Å²) in [6.07, 6.45) is 5.61. The van der Waals surface area contributed by atoms with Crippen LogP contribution in [0.2, 0.25) is 0 Å². The Balaban J connectivity index is 1.54. The molecule has 1 amide bonds. The second kappa shape index (κ2) is 13.7. The van der Waals surface area contributed by atoms with Crippen LogP contribution in [0.15, 0.2) is 87.5 Å². The topological polar surface area (TPSA) is 113 Å². The molecule has 1 heterocycles. The van der Waals surface area contributed by atoms with Gasteiger partial charge >= 0.3 is 0 Å². The third-order valence-electron chi connectivity index (χ3n) is 6.71. The molecule has 12 heteroatoms. The molecule has 0 unspecified atom stereocenters. The number of amides is 1. The smallest absolute Gasteiger partial charge is 0.264 e. The molecule has 41 heavy (non-hydrogen) atoms. The van der Waals surface area contributed by atoms with E-state index < -0.39 is 32.5 Å². The summed E-state index contributed by atoms with van der Waals surface area (Å²) in [6.45, 7) is 2.82. The Labute approximate surface area is 247 Å². The normalized spacial score (nSPS) is 14.7. The predicted molar refractivity (Wildman–Crippen MR) is 163 cm³/mol. The second-order valence-corrected chi connectivity index (χ2v) is 14.2. The van der Waals surface area contributed by atoms with Crippen molar-refractivity contribution in [1.29, 1.82) is 0 Å². The number of anilines is 2. The van der Waals surface area contributed by atoms with Crippen LogP contribution < -0.4 is 14.4 Å². The minimum absolute atomic E-state index is 0.0556. The van der Waals surface area contributed by atoms with Gasteiger partial charge in [-0.2, -0.15) is 4.31 Å². The number of sulfonamides is 2. The maximum Gasteiger partial charge on any atom is 0.264 e. The van der Waals surface area contributed by atoms with Gasteiger partial charge in [0.1, 0.15) is 12.3 Å². The van der Waals surface area contributed by atoms with Gasteiger partial charge in [0.25, 0.3) is 10.0 Å². The number of carbonyl (C=O) groups excluding carboxylic acids is 1. The molecule has 0 atom stereocenters. The summed E-state index contributed by atoms with van der Waals surface area (Å²) in [6, 6.07) is 18.9. The maximum absolute atomic E-state index is 13.7. The molecule has 0 radical (unpaired) electrons. The van der Waals surface area contributed by atoms with Crippen LogP contribution in [0.25, 0.3) is 0 Å². The molecule has 0 aromatic heterocycles. The van der Waals surface area contributed by atoms with Crippen LogP contribution in [0.4, 0.5) is 11.4 Å².